The summed E-state index contributed by atoms with van der Waals surface area (Å²) in [5, 5.41) is 3.62. The molecule has 0 saturated heterocycles. The average molecular weight is 285 g/mol. The highest BCUT2D eigenvalue weighted by Crippen LogP contribution is 2.24. The molecule has 0 radical (unpaired) electrons. The van der Waals surface area contributed by atoms with Gasteiger partial charge in [-0.3, -0.25) is 4.79 Å². The zero-order valence-electron chi connectivity index (χ0n) is 7.54. The zero-order chi connectivity index (χ0) is 10.8. The summed E-state index contributed by atoms with van der Waals surface area (Å²) < 4.78 is 13.4. The van der Waals surface area contributed by atoms with Gasteiger partial charge in [0.15, 0.2) is 5.78 Å². The van der Waals surface area contributed by atoms with Crippen molar-refractivity contribution in [3.8, 4) is 0 Å². The van der Waals surface area contributed by atoms with Gasteiger partial charge in [0.05, 0.1) is 0 Å². The first-order valence-corrected chi connectivity index (χ1v) is 5.94. The van der Waals surface area contributed by atoms with Crippen molar-refractivity contribution >= 4 is 33.0 Å². The maximum atomic E-state index is 12.7. The molecule has 0 aliphatic carbocycles. The standard InChI is InChI=1S/C11H6BrFOS/c12-10-6-15-5-9(10)11(14)7-1-3-8(13)4-2-7/h1-6H. The number of halogens is 2. The number of carbonyl (C=O) groups is 1. The second kappa shape index (κ2) is 4.24. The van der Waals surface area contributed by atoms with Crippen LogP contribution in [0.5, 0.6) is 0 Å². The van der Waals surface area contributed by atoms with Crippen LogP contribution in [0, 0.1) is 5.82 Å². The third-order valence-electron chi connectivity index (χ3n) is 1.97. The largest absolute Gasteiger partial charge is 0.289 e. The van der Waals surface area contributed by atoms with Crippen molar-refractivity contribution in [2.75, 3.05) is 0 Å². The molecule has 0 saturated carbocycles. The number of hydrogen-bond acceptors (Lipinski definition) is 2. The first-order valence-electron chi connectivity index (χ1n) is 4.20. The SMILES string of the molecule is O=C(c1ccc(F)cc1)c1cscc1Br. The molecule has 15 heavy (non-hydrogen) atoms. The molecule has 0 amide bonds. The summed E-state index contributed by atoms with van der Waals surface area (Å²) >= 11 is 4.74. The molecule has 0 atom stereocenters. The highest BCUT2D eigenvalue weighted by molar-refractivity contribution is 9.10. The predicted molar refractivity (Wildman–Crippen MR) is 61.9 cm³/mol. The molecule has 1 aromatic heterocycles. The van der Waals surface area contributed by atoms with Crippen LogP contribution in [0.1, 0.15) is 15.9 Å². The summed E-state index contributed by atoms with van der Waals surface area (Å²) in [5.74, 6) is -0.431. The van der Waals surface area contributed by atoms with E-state index in [2.05, 4.69) is 15.9 Å². The summed E-state index contributed by atoms with van der Waals surface area (Å²) in [5.41, 5.74) is 1.11. The van der Waals surface area contributed by atoms with Gasteiger partial charge in [-0.2, -0.15) is 11.3 Å². The molecule has 0 N–H and O–H groups in total. The minimum atomic E-state index is -0.337. The second-order valence-corrected chi connectivity index (χ2v) is 4.57. The van der Waals surface area contributed by atoms with Gasteiger partial charge >= 0.3 is 0 Å². The molecule has 0 bridgehead atoms. The molecular formula is C11H6BrFOS. The Balaban J connectivity index is 2.37. The Bertz CT molecular complexity index is 490. The topological polar surface area (TPSA) is 17.1 Å². The predicted octanol–water partition coefficient (Wildman–Crippen LogP) is 3.88. The Morgan fingerprint density at radius 1 is 1.20 bits per heavy atom. The quantitative estimate of drug-likeness (QED) is 0.765. The van der Waals surface area contributed by atoms with Crippen molar-refractivity contribution < 1.29 is 9.18 Å². The monoisotopic (exact) mass is 284 g/mol. The van der Waals surface area contributed by atoms with Crippen molar-refractivity contribution in [2.45, 2.75) is 0 Å². The number of hydrogen-bond donors (Lipinski definition) is 0. The van der Waals surface area contributed by atoms with Crippen LogP contribution in [-0.4, -0.2) is 5.78 Å². The van der Waals surface area contributed by atoms with Gasteiger partial charge in [0.25, 0.3) is 0 Å². The maximum Gasteiger partial charge on any atom is 0.195 e. The van der Waals surface area contributed by atoms with Crippen LogP contribution in [0.4, 0.5) is 4.39 Å². The summed E-state index contributed by atoms with van der Waals surface area (Å²) in [7, 11) is 0. The van der Waals surface area contributed by atoms with Gasteiger partial charge in [-0.1, -0.05) is 0 Å². The fourth-order valence-electron chi connectivity index (χ4n) is 1.20. The summed E-state index contributed by atoms with van der Waals surface area (Å²) in [6.45, 7) is 0. The molecule has 76 valence electrons. The minimum absolute atomic E-state index is 0.0943. The number of ketones is 1. The second-order valence-electron chi connectivity index (χ2n) is 2.97. The van der Waals surface area contributed by atoms with Crippen molar-refractivity contribution in [1.29, 1.82) is 0 Å². The molecule has 2 rings (SSSR count). The van der Waals surface area contributed by atoms with E-state index < -0.39 is 0 Å². The van der Waals surface area contributed by atoms with Gasteiger partial charge in [-0.15, -0.1) is 0 Å². The van der Waals surface area contributed by atoms with E-state index in [-0.39, 0.29) is 11.6 Å². The normalized spacial score (nSPS) is 10.3. The molecule has 0 fully saturated rings. The third-order valence-corrected chi connectivity index (χ3v) is 3.67. The van der Waals surface area contributed by atoms with E-state index in [0.717, 1.165) is 4.47 Å². The van der Waals surface area contributed by atoms with Crippen molar-refractivity contribution in [2.24, 2.45) is 0 Å². The van der Waals surface area contributed by atoms with Gasteiger partial charge in [-0.05, 0) is 40.2 Å². The fourth-order valence-corrected chi connectivity index (χ4v) is 2.65. The molecule has 0 aliphatic heterocycles. The van der Waals surface area contributed by atoms with Gasteiger partial charge in [0.2, 0.25) is 0 Å². The number of benzene rings is 1. The summed E-state index contributed by atoms with van der Waals surface area (Å²) in [6, 6.07) is 5.55. The number of rotatable bonds is 2. The Labute approximate surface area is 98.7 Å². The third kappa shape index (κ3) is 2.16. The van der Waals surface area contributed by atoms with E-state index in [1.54, 1.807) is 5.38 Å². The minimum Gasteiger partial charge on any atom is -0.289 e. The molecule has 4 heteroatoms. The van der Waals surface area contributed by atoms with E-state index in [4.69, 9.17) is 0 Å². The molecule has 1 heterocycles. The first-order chi connectivity index (χ1) is 7.18. The van der Waals surface area contributed by atoms with Gasteiger partial charge in [-0.25, -0.2) is 4.39 Å². The van der Waals surface area contributed by atoms with Gasteiger partial charge in [0.1, 0.15) is 5.82 Å². The molecule has 1 aromatic carbocycles. The van der Waals surface area contributed by atoms with E-state index in [9.17, 15) is 9.18 Å². The molecule has 0 spiro atoms. The average Bonchev–Trinajstić information content (AvgIpc) is 2.65. The van der Waals surface area contributed by atoms with Crippen LogP contribution in [0.3, 0.4) is 0 Å². The first kappa shape index (κ1) is 10.5. The summed E-state index contributed by atoms with van der Waals surface area (Å²) in [4.78, 5) is 11.9. The summed E-state index contributed by atoms with van der Waals surface area (Å²) in [6.07, 6.45) is 0. The van der Waals surface area contributed by atoms with Crippen LogP contribution in [0.2, 0.25) is 0 Å². The molecule has 0 aliphatic rings. The number of carbonyl (C=O) groups excluding carboxylic acids is 1. The maximum absolute atomic E-state index is 12.7. The molecule has 0 unspecified atom stereocenters. The van der Waals surface area contributed by atoms with Crippen molar-refractivity contribution in [1.82, 2.24) is 0 Å². The van der Waals surface area contributed by atoms with Crippen LogP contribution in [0.15, 0.2) is 39.5 Å². The van der Waals surface area contributed by atoms with Crippen molar-refractivity contribution in [3.63, 3.8) is 0 Å². The lowest BCUT2D eigenvalue weighted by molar-refractivity contribution is 0.103. The lowest BCUT2D eigenvalue weighted by Crippen LogP contribution is -2.00. The Morgan fingerprint density at radius 3 is 2.40 bits per heavy atom. The lowest BCUT2D eigenvalue weighted by atomic mass is 10.1. The Hall–Kier alpha value is -1.00. The van der Waals surface area contributed by atoms with E-state index >= 15 is 0 Å². The van der Waals surface area contributed by atoms with E-state index in [1.807, 2.05) is 5.38 Å². The fraction of sp³-hybridized carbons (Fsp3) is 0. The molecule has 2 aromatic rings. The van der Waals surface area contributed by atoms with Crippen LogP contribution in [0.25, 0.3) is 0 Å². The van der Waals surface area contributed by atoms with Crippen LogP contribution < -0.4 is 0 Å². The zero-order valence-corrected chi connectivity index (χ0v) is 9.94. The Kier molecular flexibility index (Phi) is 2.98. The Morgan fingerprint density at radius 2 is 1.87 bits per heavy atom. The van der Waals surface area contributed by atoms with Crippen LogP contribution in [-0.2, 0) is 0 Å². The van der Waals surface area contributed by atoms with E-state index in [1.165, 1.54) is 35.6 Å². The van der Waals surface area contributed by atoms with E-state index in [0.29, 0.717) is 11.1 Å². The number of thiophene rings is 1. The van der Waals surface area contributed by atoms with Crippen molar-refractivity contribution in [3.05, 3.63) is 56.4 Å². The highest BCUT2D eigenvalue weighted by Gasteiger charge is 2.12. The molecule has 1 nitrogen and oxygen atoms in total. The smallest absolute Gasteiger partial charge is 0.195 e. The molecular weight excluding hydrogens is 279 g/mol. The van der Waals surface area contributed by atoms with Crippen LogP contribution >= 0.6 is 27.3 Å². The van der Waals surface area contributed by atoms with Gasteiger partial charge < -0.3 is 0 Å². The highest BCUT2D eigenvalue weighted by atomic mass is 79.9. The van der Waals surface area contributed by atoms with Gasteiger partial charge in [0, 0.05) is 26.4 Å². The lowest BCUT2D eigenvalue weighted by Gasteiger charge is -1.98.